The van der Waals surface area contributed by atoms with Crippen LogP contribution < -0.4 is 5.32 Å². The molecule has 34 heavy (non-hydrogen) atoms. The van der Waals surface area contributed by atoms with Crippen molar-refractivity contribution in [1.82, 2.24) is 20.4 Å². The van der Waals surface area contributed by atoms with E-state index in [1.54, 1.807) is 4.90 Å². The number of hydrogen-bond acceptors (Lipinski definition) is 7. The van der Waals surface area contributed by atoms with Crippen molar-refractivity contribution in [3.05, 3.63) is 11.8 Å². The molecule has 9 nitrogen and oxygen atoms in total. The van der Waals surface area contributed by atoms with E-state index >= 15 is 0 Å². The summed E-state index contributed by atoms with van der Waals surface area (Å²) in [5, 5.41) is 10.2. The van der Waals surface area contributed by atoms with Crippen molar-refractivity contribution in [2.24, 2.45) is 11.8 Å². The van der Waals surface area contributed by atoms with Gasteiger partial charge in [0.2, 0.25) is 23.5 Å². The summed E-state index contributed by atoms with van der Waals surface area (Å²) in [4.78, 5) is 39.7. The Bertz CT molecular complexity index is 764. The first-order valence-corrected chi connectivity index (χ1v) is 12.4. The van der Waals surface area contributed by atoms with Crippen LogP contribution in [-0.4, -0.2) is 65.5 Å². The first-order valence-electron chi connectivity index (χ1n) is 12.4. The summed E-state index contributed by atoms with van der Waals surface area (Å²) in [6.07, 6.45) is 15.1. The van der Waals surface area contributed by atoms with Gasteiger partial charge in [0.25, 0.3) is 5.89 Å². The third-order valence-electron chi connectivity index (χ3n) is 5.93. The van der Waals surface area contributed by atoms with Crippen LogP contribution in [0.1, 0.15) is 82.3 Å². The lowest BCUT2D eigenvalue weighted by Gasteiger charge is -2.30. The predicted molar refractivity (Wildman–Crippen MR) is 129 cm³/mol. The molecular weight excluding hydrogens is 436 g/mol. The van der Waals surface area contributed by atoms with Crippen molar-refractivity contribution < 1.29 is 23.5 Å². The number of nitrogens with one attached hydrogen (secondary N) is 1. The number of carbonyl (C=O) groups is 3. The van der Waals surface area contributed by atoms with Crippen molar-refractivity contribution in [3.8, 4) is 12.8 Å². The van der Waals surface area contributed by atoms with Gasteiger partial charge in [-0.1, -0.05) is 52.9 Å². The lowest BCUT2D eigenvalue weighted by atomic mass is 9.81. The van der Waals surface area contributed by atoms with E-state index < -0.39 is 11.7 Å². The summed E-state index contributed by atoms with van der Waals surface area (Å²) in [5.74, 6) is -0.408. The maximum absolute atomic E-state index is 12.9. The number of terminal acetylenes is 1. The van der Waals surface area contributed by atoms with Crippen LogP contribution >= 0.6 is 0 Å². The molecule has 2 fully saturated rings. The van der Waals surface area contributed by atoms with Crippen molar-refractivity contribution in [1.29, 1.82) is 0 Å². The van der Waals surface area contributed by atoms with E-state index in [2.05, 4.69) is 28.4 Å². The minimum atomic E-state index is -0.440. The second kappa shape index (κ2) is 16.8. The molecule has 0 spiro atoms. The van der Waals surface area contributed by atoms with Gasteiger partial charge in [0.15, 0.2) is 0 Å². The largest absolute Gasteiger partial charge is 0.418 e. The number of carbonyl (C=O) groups excluding carboxylic acids is 3. The fraction of sp³-hybridized carbons (Fsp3) is 0.720. The summed E-state index contributed by atoms with van der Waals surface area (Å²) >= 11 is 0. The number of aromatic nitrogens is 2. The second-order valence-electron chi connectivity index (χ2n) is 8.13. The molecule has 1 saturated heterocycles. The summed E-state index contributed by atoms with van der Waals surface area (Å²) in [6, 6.07) is 0. The van der Waals surface area contributed by atoms with Gasteiger partial charge in [-0.3, -0.25) is 14.4 Å². The monoisotopic (exact) mass is 476 g/mol. The Morgan fingerprint density at radius 2 is 1.74 bits per heavy atom. The molecule has 9 heteroatoms. The second-order valence-corrected chi connectivity index (χ2v) is 8.13. The topological polar surface area (TPSA) is 115 Å². The van der Waals surface area contributed by atoms with Crippen molar-refractivity contribution >= 4 is 17.6 Å². The summed E-state index contributed by atoms with van der Waals surface area (Å²) < 4.78 is 10.6. The van der Waals surface area contributed by atoms with E-state index in [1.165, 1.54) is 19.3 Å². The molecule has 190 valence electrons. The van der Waals surface area contributed by atoms with Crippen LogP contribution in [0.3, 0.4) is 0 Å². The highest BCUT2D eigenvalue weighted by Gasteiger charge is 2.29. The van der Waals surface area contributed by atoms with E-state index in [9.17, 15) is 14.4 Å². The number of hydrogen-bond donors (Lipinski definition) is 1. The van der Waals surface area contributed by atoms with E-state index in [0.29, 0.717) is 51.0 Å². The average molecular weight is 477 g/mol. The van der Waals surface area contributed by atoms with Gasteiger partial charge in [-0.15, -0.1) is 23.0 Å². The molecule has 1 saturated carbocycles. The Balaban J connectivity index is 0.00000137. The highest BCUT2D eigenvalue weighted by Crippen LogP contribution is 2.30. The summed E-state index contributed by atoms with van der Waals surface area (Å²) in [6.45, 7) is 7.83. The van der Waals surface area contributed by atoms with Gasteiger partial charge in [0.1, 0.15) is 0 Å². The zero-order valence-corrected chi connectivity index (χ0v) is 20.9. The van der Waals surface area contributed by atoms with Crippen LogP contribution in [0.4, 0.5) is 0 Å². The lowest BCUT2D eigenvalue weighted by Crippen LogP contribution is -2.43. The van der Waals surface area contributed by atoms with Gasteiger partial charge in [0.05, 0.1) is 19.8 Å². The molecule has 1 aliphatic heterocycles. The molecule has 0 bridgehead atoms. The fourth-order valence-electron chi connectivity index (χ4n) is 4.16. The number of morpholine rings is 1. The van der Waals surface area contributed by atoms with E-state index in [0.717, 1.165) is 12.8 Å². The van der Waals surface area contributed by atoms with Gasteiger partial charge in [-0.25, -0.2) is 0 Å². The van der Waals surface area contributed by atoms with Crippen LogP contribution in [0.5, 0.6) is 0 Å². The number of ketones is 1. The number of aryl methyl sites for hydroxylation is 1. The molecule has 1 N–H and O–H groups in total. The van der Waals surface area contributed by atoms with Crippen LogP contribution in [0.2, 0.25) is 0 Å². The lowest BCUT2D eigenvalue weighted by molar-refractivity contribution is -0.139. The van der Waals surface area contributed by atoms with Crippen molar-refractivity contribution in [2.45, 2.75) is 72.1 Å². The van der Waals surface area contributed by atoms with E-state index in [4.69, 9.17) is 9.15 Å². The van der Waals surface area contributed by atoms with E-state index in [-0.39, 0.29) is 30.7 Å². The molecule has 1 aromatic rings. The molecular formula is C25H40N4O5. The van der Waals surface area contributed by atoms with Gasteiger partial charge < -0.3 is 19.4 Å². The van der Waals surface area contributed by atoms with Crippen LogP contribution in [-0.2, 0) is 20.7 Å². The molecule has 2 heterocycles. The number of nitrogens with zero attached hydrogens (tertiary/aromatic N) is 3. The van der Waals surface area contributed by atoms with Crippen LogP contribution in [0, 0.1) is 24.7 Å². The van der Waals surface area contributed by atoms with Crippen molar-refractivity contribution in [3.63, 3.8) is 0 Å². The SMILES string of the molecule is C#C.CC.CCc1nnc(C(=O)CNC(=O)[C@@H](CC(=O)N2CCOCC2)CC2CCCCC2)o1. The Morgan fingerprint density at radius 1 is 1.09 bits per heavy atom. The van der Waals surface area contributed by atoms with Crippen LogP contribution in [0.25, 0.3) is 0 Å². The Morgan fingerprint density at radius 3 is 2.32 bits per heavy atom. The van der Waals surface area contributed by atoms with Gasteiger partial charge in [-0.05, 0) is 12.3 Å². The van der Waals surface area contributed by atoms with Crippen LogP contribution in [0.15, 0.2) is 4.42 Å². The predicted octanol–water partition coefficient (Wildman–Crippen LogP) is 3.04. The first kappa shape index (κ1) is 29.3. The average Bonchev–Trinajstić information content (AvgIpc) is 3.40. The number of rotatable bonds is 9. The zero-order valence-electron chi connectivity index (χ0n) is 20.9. The quantitative estimate of drug-likeness (QED) is 0.430. The molecule has 0 radical (unpaired) electrons. The standard InChI is InChI=1S/C21H32N4O5.C2H6.C2H2/c1-2-18-23-24-21(30-18)17(26)14-22-20(28)16(12-15-6-4-3-5-7-15)13-19(27)25-8-10-29-11-9-25;2*1-2/h15-16H,2-14H2,1H3,(H,22,28);1-2H3;1-2H/t16-;;/m1../s1. The summed E-state index contributed by atoms with van der Waals surface area (Å²) in [7, 11) is 0. The number of ether oxygens (including phenoxy) is 1. The third-order valence-corrected chi connectivity index (χ3v) is 5.93. The van der Waals surface area contributed by atoms with E-state index in [1.807, 2.05) is 20.8 Å². The van der Waals surface area contributed by atoms with Crippen molar-refractivity contribution in [2.75, 3.05) is 32.8 Å². The number of amides is 2. The minimum absolute atomic E-state index is 0.0231. The first-order chi connectivity index (χ1) is 16.6. The maximum atomic E-state index is 12.9. The highest BCUT2D eigenvalue weighted by atomic mass is 16.5. The van der Waals surface area contributed by atoms with Gasteiger partial charge >= 0.3 is 0 Å². The smallest absolute Gasteiger partial charge is 0.285 e. The molecule has 2 amide bonds. The molecule has 1 aliphatic carbocycles. The zero-order chi connectivity index (χ0) is 25.3. The normalized spacial score (nSPS) is 16.8. The summed E-state index contributed by atoms with van der Waals surface area (Å²) in [5.41, 5.74) is 0. The molecule has 0 aromatic carbocycles. The highest BCUT2D eigenvalue weighted by molar-refractivity contribution is 5.96. The Hall–Kier alpha value is -2.73. The molecule has 1 atom stereocenters. The minimum Gasteiger partial charge on any atom is -0.418 e. The maximum Gasteiger partial charge on any atom is 0.285 e. The molecule has 1 aromatic heterocycles. The molecule has 3 rings (SSSR count). The van der Waals surface area contributed by atoms with Gasteiger partial charge in [0, 0.05) is 31.8 Å². The molecule has 2 aliphatic rings. The third kappa shape index (κ3) is 9.64. The van der Waals surface area contributed by atoms with Gasteiger partial charge in [-0.2, -0.15) is 0 Å². The molecule has 0 unspecified atom stereocenters. The fourth-order valence-corrected chi connectivity index (χ4v) is 4.16. The Kier molecular flexibility index (Phi) is 14.5. The Labute approximate surface area is 203 Å². The number of Topliss-reactive ketones (excluding diaryl/α,β-unsaturated/α-hetero) is 1.